The summed E-state index contributed by atoms with van der Waals surface area (Å²) in [6.45, 7) is 3.30. The first-order valence-corrected chi connectivity index (χ1v) is 5.19. The van der Waals surface area contributed by atoms with Crippen LogP contribution in [0.4, 0.5) is 0 Å². The van der Waals surface area contributed by atoms with E-state index >= 15 is 0 Å². The second kappa shape index (κ2) is 6.02. The van der Waals surface area contributed by atoms with Gasteiger partial charge in [0.15, 0.2) is 0 Å². The summed E-state index contributed by atoms with van der Waals surface area (Å²) in [6, 6.07) is 7.83. The molecule has 0 aliphatic rings. The summed E-state index contributed by atoms with van der Waals surface area (Å²) in [4.78, 5) is 0. The molecule has 0 amide bonds. The van der Waals surface area contributed by atoms with Gasteiger partial charge in [0.25, 0.3) is 0 Å². The second-order valence-electron chi connectivity index (χ2n) is 3.43. The molecule has 1 aromatic rings. The average Bonchev–Trinajstić information content (AvgIpc) is 2.15. The Kier molecular flexibility index (Phi) is 4.94. The third kappa shape index (κ3) is 4.61. The van der Waals surface area contributed by atoms with E-state index in [4.69, 9.17) is 16.7 Å². The van der Waals surface area contributed by atoms with Crippen LogP contribution in [0.15, 0.2) is 24.3 Å². The monoisotopic (exact) mass is 213 g/mol. The summed E-state index contributed by atoms with van der Waals surface area (Å²) in [5.74, 6) is 0. The highest BCUT2D eigenvalue weighted by Crippen LogP contribution is 2.09. The molecular formula is C11H16ClNO. The predicted molar refractivity (Wildman–Crippen MR) is 59.7 cm³/mol. The Morgan fingerprint density at radius 1 is 1.36 bits per heavy atom. The van der Waals surface area contributed by atoms with Crippen molar-refractivity contribution in [3.63, 3.8) is 0 Å². The number of rotatable bonds is 5. The molecule has 78 valence electrons. The van der Waals surface area contributed by atoms with Crippen LogP contribution >= 0.6 is 11.6 Å². The molecule has 0 spiro atoms. The van der Waals surface area contributed by atoms with Gasteiger partial charge in [0.1, 0.15) is 0 Å². The van der Waals surface area contributed by atoms with E-state index in [0.717, 1.165) is 18.0 Å². The van der Waals surface area contributed by atoms with Crippen molar-refractivity contribution in [3.8, 4) is 0 Å². The summed E-state index contributed by atoms with van der Waals surface area (Å²) in [5, 5.41) is 12.9. The lowest BCUT2D eigenvalue weighted by Gasteiger charge is -2.06. The predicted octanol–water partition coefficient (Wildman–Crippen LogP) is 1.85. The van der Waals surface area contributed by atoms with Crippen molar-refractivity contribution in [2.24, 2.45) is 0 Å². The van der Waals surface area contributed by atoms with E-state index in [-0.39, 0.29) is 6.10 Å². The molecule has 14 heavy (non-hydrogen) atoms. The van der Waals surface area contributed by atoms with Crippen molar-refractivity contribution < 1.29 is 5.11 Å². The maximum absolute atomic E-state index is 9.01. The zero-order chi connectivity index (χ0) is 10.4. The first-order chi connectivity index (χ1) is 6.68. The molecule has 1 atom stereocenters. The zero-order valence-electron chi connectivity index (χ0n) is 8.33. The highest BCUT2D eigenvalue weighted by molar-refractivity contribution is 6.30. The fourth-order valence-electron chi connectivity index (χ4n) is 1.19. The highest BCUT2D eigenvalue weighted by atomic mass is 35.5. The number of hydrogen-bond acceptors (Lipinski definition) is 2. The Morgan fingerprint density at radius 3 is 2.57 bits per heavy atom. The molecule has 0 saturated heterocycles. The number of nitrogens with one attached hydrogen (secondary N) is 1. The van der Waals surface area contributed by atoms with Gasteiger partial charge in [-0.15, -0.1) is 0 Å². The van der Waals surface area contributed by atoms with Gasteiger partial charge in [-0.1, -0.05) is 23.7 Å². The molecule has 0 fully saturated rings. The third-order valence-electron chi connectivity index (χ3n) is 1.94. The minimum atomic E-state index is -0.278. The van der Waals surface area contributed by atoms with E-state index in [9.17, 15) is 0 Å². The SMILES string of the molecule is C[C@H](O)CNCCc1ccc(Cl)cc1. The third-order valence-corrected chi connectivity index (χ3v) is 2.20. The molecule has 0 aliphatic heterocycles. The lowest BCUT2D eigenvalue weighted by molar-refractivity contribution is 0.191. The summed E-state index contributed by atoms with van der Waals surface area (Å²) in [7, 11) is 0. The Labute approximate surface area is 89.9 Å². The van der Waals surface area contributed by atoms with E-state index in [2.05, 4.69) is 5.32 Å². The summed E-state index contributed by atoms with van der Waals surface area (Å²) >= 11 is 5.77. The second-order valence-corrected chi connectivity index (χ2v) is 3.87. The van der Waals surface area contributed by atoms with Crippen molar-refractivity contribution in [1.29, 1.82) is 0 Å². The first kappa shape index (κ1) is 11.5. The van der Waals surface area contributed by atoms with Crippen LogP contribution in [0.2, 0.25) is 5.02 Å². The van der Waals surface area contributed by atoms with Gasteiger partial charge in [0, 0.05) is 11.6 Å². The van der Waals surface area contributed by atoms with Crippen LogP contribution in [0.3, 0.4) is 0 Å². The molecule has 0 saturated carbocycles. The van der Waals surface area contributed by atoms with Gasteiger partial charge < -0.3 is 10.4 Å². The van der Waals surface area contributed by atoms with Gasteiger partial charge in [0.05, 0.1) is 6.10 Å². The number of halogens is 1. The Morgan fingerprint density at radius 2 is 2.00 bits per heavy atom. The first-order valence-electron chi connectivity index (χ1n) is 4.81. The Hall–Kier alpha value is -0.570. The average molecular weight is 214 g/mol. The molecule has 1 aromatic carbocycles. The van der Waals surface area contributed by atoms with Crippen LogP contribution in [0, 0.1) is 0 Å². The summed E-state index contributed by atoms with van der Waals surface area (Å²) in [5.41, 5.74) is 1.26. The van der Waals surface area contributed by atoms with E-state index in [1.165, 1.54) is 5.56 Å². The Balaban J connectivity index is 2.21. The van der Waals surface area contributed by atoms with Gasteiger partial charge in [-0.2, -0.15) is 0 Å². The number of hydrogen-bond donors (Lipinski definition) is 2. The van der Waals surface area contributed by atoms with E-state index in [0.29, 0.717) is 6.54 Å². The number of benzene rings is 1. The van der Waals surface area contributed by atoms with Gasteiger partial charge in [-0.05, 0) is 37.6 Å². The van der Waals surface area contributed by atoms with Crippen LogP contribution < -0.4 is 5.32 Å². The molecular weight excluding hydrogens is 198 g/mol. The molecule has 0 heterocycles. The normalized spacial score (nSPS) is 12.8. The topological polar surface area (TPSA) is 32.3 Å². The lowest BCUT2D eigenvalue weighted by Crippen LogP contribution is -2.26. The Bertz CT molecular complexity index is 258. The van der Waals surface area contributed by atoms with Crippen LogP contribution in [0.1, 0.15) is 12.5 Å². The van der Waals surface area contributed by atoms with Crippen molar-refractivity contribution in [3.05, 3.63) is 34.9 Å². The van der Waals surface area contributed by atoms with Gasteiger partial charge in [-0.25, -0.2) is 0 Å². The zero-order valence-corrected chi connectivity index (χ0v) is 9.09. The van der Waals surface area contributed by atoms with Gasteiger partial charge in [-0.3, -0.25) is 0 Å². The van der Waals surface area contributed by atoms with Crippen LogP contribution in [0.5, 0.6) is 0 Å². The number of aliphatic hydroxyl groups is 1. The lowest BCUT2D eigenvalue weighted by atomic mass is 10.1. The van der Waals surface area contributed by atoms with E-state index in [1.54, 1.807) is 6.92 Å². The van der Waals surface area contributed by atoms with Crippen molar-refractivity contribution >= 4 is 11.6 Å². The highest BCUT2D eigenvalue weighted by Gasteiger charge is 1.95. The van der Waals surface area contributed by atoms with Gasteiger partial charge >= 0.3 is 0 Å². The molecule has 0 radical (unpaired) electrons. The smallest absolute Gasteiger partial charge is 0.0636 e. The summed E-state index contributed by atoms with van der Waals surface area (Å²) in [6.07, 6.45) is 0.685. The van der Waals surface area contributed by atoms with Gasteiger partial charge in [0.2, 0.25) is 0 Å². The van der Waals surface area contributed by atoms with E-state index < -0.39 is 0 Å². The molecule has 0 unspecified atom stereocenters. The molecule has 1 rings (SSSR count). The maximum Gasteiger partial charge on any atom is 0.0636 e. The van der Waals surface area contributed by atoms with Crippen LogP contribution in [0.25, 0.3) is 0 Å². The standard InChI is InChI=1S/C11H16ClNO/c1-9(14)8-13-7-6-10-2-4-11(12)5-3-10/h2-5,9,13-14H,6-8H2,1H3/t9-/m0/s1. The molecule has 0 aliphatic carbocycles. The molecule has 3 heteroatoms. The summed E-state index contributed by atoms with van der Waals surface area (Å²) < 4.78 is 0. The molecule has 0 aromatic heterocycles. The quantitative estimate of drug-likeness (QED) is 0.732. The number of aliphatic hydroxyl groups excluding tert-OH is 1. The van der Waals surface area contributed by atoms with E-state index in [1.807, 2.05) is 24.3 Å². The maximum atomic E-state index is 9.01. The minimum Gasteiger partial charge on any atom is -0.392 e. The molecule has 2 N–H and O–H groups in total. The molecule has 2 nitrogen and oxygen atoms in total. The van der Waals surface area contributed by atoms with Crippen LogP contribution in [-0.2, 0) is 6.42 Å². The fourth-order valence-corrected chi connectivity index (χ4v) is 1.32. The minimum absolute atomic E-state index is 0.278. The van der Waals surface area contributed by atoms with Crippen molar-refractivity contribution in [1.82, 2.24) is 5.32 Å². The van der Waals surface area contributed by atoms with Crippen LogP contribution in [-0.4, -0.2) is 24.3 Å². The molecule has 0 bridgehead atoms. The largest absolute Gasteiger partial charge is 0.392 e. The fraction of sp³-hybridized carbons (Fsp3) is 0.455. The van der Waals surface area contributed by atoms with Crippen molar-refractivity contribution in [2.75, 3.05) is 13.1 Å². The van der Waals surface area contributed by atoms with Crippen molar-refractivity contribution in [2.45, 2.75) is 19.4 Å².